The summed E-state index contributed by atoms with van der Waals surface area (Å²) in [5.41, 5.74) is 10.9. The molecular weight excluding hydrogens is 1790 g/mol. The molecule has 1 amide bonds. The Morgan fingerprint density at radius 3 is 1.46 bits per heavy atom. The van der Waals surface area contributed by atoms with E-state index in [1.807, 2.05) is 226 Å². The summed E-state index contributed by atoms with van der Waals surface area (Å²) in [5.74, 6) is 8.34. The molecule has 1 aromatic carbocycles. The fourth-order valence-corrected chi connectivity index (χ4v) is 14.1. The summed E-state index contributed by atoms with van der Waals surface area (Å²) >= 11 is 1.17. The number of benzene rings is 1. The van der Waals surface area contributed by atoms with E-state index in [1.165, 1.54) is 86.9 Å². The number of likely N-dealkylation sites (tertiary alicyclic amines) is 1. The Balaban J connectivity index is 0.000000268. The lowest BCUT2D eigenvalue weighted by Gasteiger charge is -2.24. The van der Waals surface area contributed by atoms with Crippen molar-refractivity contribution in [2.24, 2.45) is 21.1 Å². The third-order valence-corrected chi connectivity index (χ3v) is 22.5. The van der Waals surface area contributed by atoms with Crippen molar-refractivity contribution in [1.82, 2.24) is 89.7 Å². The molecule has 5 aliphatic rings. The van der Waals surface area contributed by atoms with Crippen molar-refractivity contribution in [3.8, 4) is 5.75 Å². The number of rotatable bonds is 25. The Labute approximate surface area is 825 Å². The number of ether oxygens (including phenoxy) is 6. The molecule has 1 aliphatic heterocycles. The summed E-state index contributed by atoms with van der Waals surface area (Å²) in [7, 11) is 27.7. The van der Waals surface area contributed by atoms with Gasteiger partial charge < -0.3 is 95.6 Å². The molecule has 1 atom stereocenters. The number of hydrogen-bond acceptors (Lipinski definition) is 34. The van der Waals surface area contributed by atoms with Gasteiger partial charge in [-0.3, -0.25) is 24.0 Å². The van der Waals surface area contributed by atoms with Gasteiger partial charge in [-0.1, -0.05) is 67.4 Å². The number of amides is 1. The number of carbonyl (C=O) groups excluding carboxylic acids is 5. The highest BCUT2D eigenvalue weighted by Gasteiger charge is 2.38. The maximum Gasteiger partial charge on any atom is 0.410 e. The van der Waals surface area contributed by atoms with E-state index < -0.39 is 11.6 Å². The zero-order valence-corrected chi connectivity index (χ0v) is 87.6. The average molecular weight is 1940 g/mol. The fraction of sp³-hybridized carbons (Fsp3) is 0.520. The van der Waals surface area contributed by atoms with Gasteiger partial charge in [-0.15, -0.1) is 10.2 Å². The third kappa shape index (κ3) is 41.5. The van der Waals surface area contributed by atoms with Crippen molar-refractivity contribution in [2.45, 2.75) is 208 Å². The second kappa shape index (κ2) is 61.8. The molecule has 5 fully saturated rings. The SMILES string of the molecule is CCOC(=O)c1cc(C)nc(CC)c1.CCOC(=O)c1ccnc(CC)c1.CCOC(=O)c1nnc(NC)s1.CCn1cc(NC)cc1C(=O)OC.CNC1(c2noc(C)n2)CCCC1.CN[C@H]1CCN(C(=O)OC(C)(C)C)C1.CNc1cc(C2CC2)nn1C.CNc1cc(C2CC2)nn1C.CNc1cc(C2CC2)nn1C.CNc1cc(OC)ccn1.CNc1cccc(C)n1.CNc1ccccc1. The molecule has 4 saturated carbocycles. The van der Waals surface area contributed by atoms with Crippen molar-refractivity contribution >= 4 is 86.9 Å². The van der Waals surface area contributed by atoms with Gasteiger partial charge in [0.05, 0.1) is 73.5 Å². The predicted octanol–water partition coefficient (Wildman–Crippen LogP) is 16.9. The number of anilines is 8. The first-order valence-electron chi connectivity index (χ1n) is 47.4. The average Bonchev–Trinajstić information content (AvgIpc) is 1.64. The Hall–Kier alpha value is -13.3. The topological polar surface area (TPSA) is 439 Å². The maximum absolute atomic E-state index is 11.6. The lowest BCUT2D eigenvalue weighted by Crippen LogP contribution is -2.38. The number of carbonyl (C=O) groups is 5. The van der Waals surface area contributed by atoms with Crippen molar-refractivity contribution < 1.29 is 56.9 Å². The van der Waals surface area contributed by atoms with Crippen LogP contribution in [0.3, 0.4) is 0 Å². The Morgan fingerprint density at radius 1 is 0.518 bits per heavy atom. The number of aryl methyl sites for hydroxylation is 9. The largest absolute Gasteiger partial charge is 0.497 e. The molecule has 0 radical (unpaired) electrons. The van der Waals surface area contributed by atoms with Gasteiger partial charge >= 0.3 is 30.0 Å². The van der Waals surface area contributed by atoms with E-state index >= 15 is 0 Å². The summed E-state index contributed by atoms with van der Waals surface area (Å²) in [5, 5.41) is 55.8. The minimum absolute atomic E-state index is 0.0161. The van der Waals surface area contributed by atoms with Crippen molar-refractivity contribution in [3.05, 3.63) is 201 Å². The van der Waals surface area contributed by atoms with E-state index in [2.05, 4.69) is 132 Å². The number of methoxy groups -OCH3 is 2. The van der Waals surface area contributed by atoms with Crippen LogP contribution in [0.2, 0.25) is 0 Å². The number of nitrogens with zero attached hydrogens (tertiary/aromatic N) is 16. The van der Waals surface area contributed by atoms with Crippen LogP contribution >= 0.6 is 11.3 Å². The zero-order valence-electron chi connectivity index (χ0n) is 86.8. The van der Waals surface area contributed by atoms with Crippen LogP contribution in [-0.2, 0) is 69.8 Å². The summed E-state index contributed by atoms with van der Waals surface area (Å²) in [6.45, 7) is 26.1. The Morgan fingerprint density at radius 2 is 1.05 bits per heavy atom. The summed E-state index contributed by atoms with van der Waals surface area (Å²) in [4.78, 5) is 79.2. The van der Waals surface area contributed by atoms with E-state index in [-0.39, 0.29) is 34.5 Å². The quantitative estimate of drug-likeness (QED) is 0.0188. The molecule has 0 unspecified atom stereocenters. The minimum atomic E-state index is -0.420. The molecular formula is C100H154N26O12S. The van der Waals surface area contributed by atoms with Crippen LogP contribution in [0.15, 0.2) is 132 Å². The molecule has 139 heavy (non-hydrogen) atoms. The van der Waals surface area contributed by atoms with Gasteiger partial charge in [-0.25, -0.2) is 33.9 Å². The molecule has 762 valence electrons. The molecule has 0 spiro atoms. The number of nitrogens with one attached hydrogen (secondary N) is 10. The second-order valence-electron chi connectivity index (χ2n) is 33.2. The van der Waals surface area contributed by atoms with Gasteiger partial charge in [-0.05, 0) is 208 Å². The molecule has 1 saturated heterocycles. The monoisotopic (exact) mass is 1940 g/mol. The molecule has 10 N–H and O–H groups in total. The van der Waals surface area contributed by atoms with Gasteiger partial charge in [0.15, 0.2) is 5.82 Å². The van der Waals surface area contributed by atoms with Gasteiger partial charge in [0.25, 0.3) is 0 Å². The van der Waals surface area contributed by atoms with E-state index in [4.69, 9.17) is 28.2 Å². The molecule has 11 heterocycles. The van der Waals surface area contributed by atoms with Crippen LogP contribution in [0.25, 0.3) is 0 Å². The highest BCUT2D eigenvalue weighted by Crippen LogP contribution is 2.42. The number of likely N-dealkylation sites (N-methyl/N-ethyl adjacent to an activating group) is 1. The van der Waals surface area contributed by atoms with Crippen molar-refractivity contribution in [2.75, 3.05) is 160 Å². The fourth-order valence-electron chi connectivity index (χ4n) is 13.5. The number of hydrogen-bond donors (Lipinski definition) is 10. The van der Waals surface area contributed by atoms with E-state index in [0.29, 0.717) is 53.7 Å². The molecule has 11 aromatic rings. The summed E-state index contributed by atoms with van der Waals surface area (Å²) < 4.78 is 41.9. The van der Waals surface area contributed by atoms with Crippen LogP contribution in [0.1, 0.15) is 243 Å². The number of esters is 4. The summed E-state index contributed by atoms with van der Waals surface area (Å²) in [6.07, 6.45) is 20.3. The lowest BCUT2D eigenvalue weighted by molar-refractivity contribution is 0.0290. The van der Waals surface area contributed by atoms with Crippen LogP contribution in [0, 0.1) is 20.8 Å². The molecule has 16 rings (SSSR count). The van der Waals surface area contributed by atoms with Crippen LogP contribution in [0.4, 0.5) is 50.4 Å². The van der Waals surface area contributed by atoms with Crippen LogP contribution < -0.4 is 57.9 Å². The molecule has 10 aromatic heterocycles. The molecule has 38 nitrogen and oxygen atoms in total. The van der Waals surface area contributed by atoms with Gasteiger partial charge in [-0.2, -0.15) is 20.3 Å². The third-order valence-electron chi connectivity index (χ3n) is 21.6. The van der Waals surface area contributed by atoms with Gasteiger partial charge in [0, 0.05) is 199 Å². The van der Waals surface area contributed by atoms with E-state index in [9.17, 15) is 24.0 Å². The molecule has 4 aliphatic carbocycles. The number of pyridine rings is 4. The van der Waals surface area contributed by atoms with Crippen LogP contribution in [0.5, 0.6) is 5.75 Å². The number of para-hydroxylation sites is 1. The predicted molar refractivity (Wildman–Crippen MR) is 553 cm³/mol. The maximum atomic E-state index is 11.6. The highest BCUT2D eigenvalue weighted by molar-refractivity contribution is 7.17. The van der Waals surface area contributed by atoms with Crippen LogP contribution in [-0.4, -0.2) is 238 Å². The Kier molecular flexibility index (Phi) is 51.7. The normalized spacial score (nSPS) is 13.6. The van der Waals surface area contributed by atoms with E-state index in [0.717, 1.165) is 144 Å². The standard InChI is InChI=1S/C11H15NO2.C10H20N2O2.C10H13NO2.C9H15N3O.C9H14N2O2.3C8H13N3.C7H10N2O.C7H10N2.C7H9N.C6H9N3O2S/c1-4-10-7-9(6-8(3)12-10)11(13)14-5-2;1-10(2,3)14-9(13)12-6-5-8(7-12)11-4;1-3-9-7-8(5-6-11-9)10(12)13-4-2;1-7-11-8(12-13-7)9(10-2)5-3-4-6-9;1-4-11-6-7(10-2)5-8(11)9(12)13-3;3*1-9-8-5-7(6-3-4-6)10-11(8)2;1-8-7-5-6(10-2)3-4-9-7;1-6-4-3-5-7(8-2)9-6;1-8-7-5-3-2-4-6-7;1-3-11-5(10)4-8-9-6(7-2)12-4/h6-7H,4-5H2,1-3H3;8,11H,5-7H2,1-4H3;5-7H,3-4H2,1-2H3;10H,3-6H2,1-2H3;5-6,10H,4H2,1-3H3;3*5-6,9H,3-4H2,1-2H3;3-5H,1-2H3,(H,8,9);3-5H,1-2H3,(H,8,9);2-6,8H,1H3;3H2,1-2H3,(H,7,9)/t;8-;;;;;;;;;;/m.0........../s1. The zero-order chi connectivity index (χ0) is 103. The second-order valence-corrected chi connectivity index (χ2v) is 34.2. The first-order valence-corrected chi connectivity index (χ1v) is 48.2. The molecule has 39 heteroatoms. The number of aromatic nitrogens is 15. The summed E-state index contributed by atoms with van der Waals surface area (Å²) in [6, 6.07) is 35.2. The Bertz CT molecular complexity index is 5240. The lowest BCUT2D eigenvalue weighted by atomic mass is 9.97. The van der Waals surface area contributed by atoms with Crippen molar-refractivity contribution in [3.63, 3.8) is 0 Å². The molecule has 0 bridgehead atoms. The first-order chi connectivity index (χ1) is 66.7. The first kappa shape index (κ1) is 116. The van der Waals surface area contributed by atoms with Gasteiger partial charge in [0.1, 0.15) is 46.1 Å². The minimum Gasteiger partial charge on any atom is -0.497 e. The van der Waals surface area contributed by atoms with Gasteiger partial charge in [0.2, 0.25) is 16.0 Å². The van der Waals surface area contributed by atoms with E-state index in [1.54, 1.807) is 88.6 Å². The smallest absolute Gasteiger partial charge is 0.410 e. The van der Waals surface area contributed by atoms with Crippen molar-refractivity contribution in [1.29, 1.82) is 0 Å². The highest BCUT2D eigenvalue weighted by atomic mass is 32.1.